The van der Waals surface area contributed by atoms with Gasteiger partial charge in [0.25, 0.3) is 5.56 Å². The first-order chi connectivity index (χ1) is 13.2. The number of nitrogens with one attached hydrogen (secondary N) is 1. The summed E-state index contributed by atoms with van der Waals surface area (Å²) in [5.74, 6) is 5.42. The van der Waals surface area contributed by atoms with Crippen molar-refractivity contribution in [2.75, 3.05) is 0 Å². The van der Waals surface area contributed by atoms with E-state index in [4.69, 9.17) is 5.84 Å². The number of hydrogen-bond acceptors (Lipinski definition) is 7. The normalized spacial score (nSPS) is 16.4. The van der Waals surface area contributed by atoms with E-state index in [-0.39, 0.29) is 16.8 Å². The molecule has 0 unspecified atom stereocenters. The molecule has 1 aliphatic rings. The number of fused-ring (bicyclic) bond motifs is 2. The number of hydrogen-bond donors (Lipinski definition) is 2. The fourth-order valence-corrected chi connectivity index (χ4v) is 6.14. The van der Waals surface area contributed by atoms with Crippen molar-refractivity contribution in [3.05, 3.63) is 36.8 Å². The second-order valence-electron chi connectivity index (χ2n) is 7.87. The predicted molar refractivity (Wildman–Crippen MR) is 112 cm³/mol. The van der Waals surface area contributed by atoms with Gasteiger partial charge < -0.3 is 5.84 Å². The second-order valence-corrected chi connectivity index (χ2v) is 9.89. The first-order valence-electron chi connectivity index (χ1n) is 8.77. The Morgan fingerprint density at radius 3 is 2.64 bits per heavy atom. The minimum Gasteiger partial charge on any atom is -0.323 e. The third-order valence-electron chi connectivity index (χ3n) is 5.15. The number of rotatable bonds is 2. The summed E-state index contributed by atoms with van der Waals surface area (Å²) in [6.07, 6.45) is 1.09. The fraction of sp³-hybridized carbons (Fsp3) is 0.368. The van der Waals surface area contributed by atoms with Gasteiger partial charge in [0.15, 0.2) is 5.78 Å². The number of ketones is 1. The zero-order valence-electron chi connectivity index (χ0n) is 16.0. The Balaban J connectivity index is 1.96. The highest BCUT2D eigenvalue weighted by atomic mass is 32.1. The fourth-order valence-electron chi connectivity index (χ4n) is 3.84. The van der Waals surface area contributed by atoms with Gasteiger partial charge in [-0.1, -0.05) is 13.8 Å². The number of Topliss-reactive ketones (excluding diaryl/α,β-unsaturated/α-hetero) is 1. The summed E-state index contributed by atoms with van der Waals surface area (Å²) in [7, 11) is 0. The molecule has 28 heavy (non-hydrogen) atoms. The molecular formula is C19H19N5O2S2. The average molecular weight is 414 g/mol. The predicted octanol–water partition coefficient (Wildman–Crippen LogP) is 3.46. The molecule has 0 atom stereocenters. The maximum absolute atomic E-state index is 13.1. The molecule has 144 valence electrons. The van der Waals surface area contributed by atoms with Crippen molar-refractivity contribution >= 4 is 44.4 Å². The molecule has 3 N–H and O–H groups in total. The Hall–Kier alpha value is -2.70. The van der Waals surface area contributed by atoms with E-state index in [2.05, 4.69) is 16.3 Å². The Morgan fingerprint density at radius 1 is 1.32 bits per heavy atom. The summed E-state index contributed by atoms with van der Waals surface area (Å²) in [5, 5.41) is 17.7. The van der Waals surface area contributed by atoms with Gasteiger partial charge in [-0.2, -0.15) is 10.4 Å². The standard InChI is InChI=1S/C19H19N5O2S2/c1-8-13-16(27-14(8)9(2)22-21)23-24(17(13)26)18-11(7-20)10-5-19(3,4)6-12(25)15(10)28-18/h23H,5-6,21H2,1-4H3/b22-9+. The summed E-state index contributed by atoms with van der Waals surface area (Å²) < 4.78 is 1.40. The zero-order valence-corrected chi connectivity index (χ0v) is 17.6. The maximum Gasteiger partial charge on any atom is 0.281 e. The summed E-state index contributed by atoms with van der Waals surface area (Å²) in [6.45, 7) is 7.70. The van der Waals surface area contributed by atoms with E-state index in [1.165, 1.54) is 27.4 Å². The highest BCUT2D eigenvalue weighted by molar-refractivity contribution is 7.20. The lowest BCUT2D eigenvalue weighted by molar-refractivity contribution is 0.0917. The molecule has 0 radical (unpaired) electrons. The molecule has 0 aliphatic heterocycles. The number of nitriles is 1. The van der Waals surface area contributed by atoms with Crippen molar-refractivity contribution in [2.24, 2.45) is 16.4 Å². The van der Waals surface area contributed by atoms with Crippen LogP contribution in [0.3, 0.4) is 0 Å². The number of thiophene rings is 2. The zero-order chi connectivity index (χ0) is 20.4. The van der Waals surface area contributed by atoms with Crippen molar-refractivity contribution in [2.45, 2.75) is 40.5 Å². The van der Waals surface area contributed by atoms with Crippen LogP contribution in [-0.4, -0.2) is 21.3 Å². The lowest BCUT2D eigenvalue weighted by atomic mass is 9.75. The molecule has 7 nitrogen and oxygen atoms in total. The maximum atomic E-state index is 13.1. The van der Waals surface area contributed by atoms with E-state index in [1.807, 2.05) is 20.8 Å². The van der Waals surface area contributed by atoms with Crippen molar-refractivity contribution in [1.29, 1.82) is 5.26 Å². The molecule has 1 aliphatic carbocycles. The first kappa shape index (κ1) is 18.7. The molecular weight excluding hydrogens is 394 g/mol. The van der Waals surface area contributed by atoms with Gasteiger partial charge in [-0.3, -0.25) is 14.7 Å². The van der Waals surface area contributed by atoms with Crippen molar-refractivity contribution in [3.63, 3.8) is 0 Å². The highest BCUT2D eigenvalue weighted by Gasteiger charge is 2.36. The topological polar surface area (TPSA) is 117 Å². The average Bonchev–Trinajstić information content (AvgIpc) is 3.25. The number of aromatic amines is 1. The van der Waals surface area contributed by atoms with Crippen LogP contribution in [-0.2, 0) is 6.42 Å². The Morgan fingerprint density at radius 2 is 2.04 bits per heavy atom. The lowest BCUT2D eigenvalue weighted by Gasteiger charge is -2.28. The summed E-state index contributed by atoms with van der Waals surface area (Å²) in [4.78, 5) is 27.9. The Labute approximate surface area is 169 Å². The largest absolute Gasteiger partial charge is 0.323 e. The SMILES string of the molecule is C/C(=N\N)c1sc2[nH]n(-c3sc4c(c3C#N)CC(C)(C)CC4=O)c(=O)c2c1C. The highest BCUT2D eigenvalue weighted by Crippen LogP contribution is 2.42. The van der Waals surface area contributed by atoms with E-state index >= 15 is 0 Å². The van der Waals surface area contributed by atoms with E-state index in [9.17, 15) is 14.9 Å². The molecule has 0 aromatic carbocycles. The first-order valence-corrected chi connectivity index (χ1v) is 10.4. The molecule has 0 fully saturated rings. The second kappa shape index (κ2) is 6.15. The molecule has 0 bridgehead atoms. The molecule has 0 saturated carbocycles. The number of carbonyl (C=O) groups is 1. The van der Waals surface area contributed by atoms with Crippen LogP contribution in [0.25, 0.3) is 15.2 Å². The summed E-state index contributed by atoms with van der Waals surface area (Å²) in [6, 6.07) is 2.22. The van der Waals surface area contributed by atoms with Gasteiger partial charge in [0.05, 0.1) is 26.4 Å². The van der Waals surface area contributed by atoms with Gasteiger partial charge in [-0.15, -0.1) is 22.7 Å². The number of nitrogens with two attached hydrogens (primary N) is 1. The van der Waals surface area contributed by atoms with E-state index in [1.54, 1.807) is 6.92 Å². The van der Waals surface area contributed by atoms with Crippen LogP contribution in [0.1, 0.15) is 58.4 Å². The number of nitrogens with zero attached hydrogens (tertiary/aromatic N) is 3. The molecule has 3 aromatic rings. The van der Waals surface area contributed by atoms with Crippen LogP contribution in [0.5, 0.6) is 0 Å². The summed E-state index contributed by atoms with van der Waals surface area (Å²) in [5.41, 5.74) is 2.21. The number of carbonyl (C=O) groups excluding carboxylic acids is 1. The van der Waals surface area contributed by atoms with Crippen molar-refractivity contribution in [3.8, 4) is 11.1 Å². The van der Waals surface area contributed by atoms with Crippen LogP contribution >= 0.6 is 22.7 Å². The molecule has 0 amide bonds. The molecule has 9 heteroatoms. The minimum atomic E-state index is -0.235. The number of H-pyrrole nitrogens is 1. The smallest absolute Gasteiger partial charge is 0.281 e. The third-order valence-corrected chi connectivity index (χ3v) is 7.71. The van der Waals surface area contributed by atoms with Gasteiger partial charge in [0.1, 0.15) is 15.9 Å². The van der Waals surface area contributed by atoms with Crippen LogP contribution in [0, 0.1) is 23.7 Å². The van der Waals surface area contributed by atoms with Crippen LogP contribution in [0.15, 0.2) is 9.90 Å². The lowest BCUT2D eigenvalue weighted by Crippen LogP contribution is -2.26. The molecule has 3 aromatic heterocycles. The van der Waals surface area contributed by atoms with Crippen LogP contribution in [0.4, 0.5) is 0 Å². The third kappa shape index (κ3) is 2.56. The van der Waals surface area contributed by atoms with E-state index < -0.39 is 0 Å². The number of aromatic nitrogens is 2. The van der Waals surface area contributed by atoms with Gasteiger partial charge in [0.2, 0.25) is 0 Å². The Bertz CT molecular complexity index is 1280. The van der Waals surface area contributed by atoms with Crippen molar-refractivity contribution < 1.29 is 4.79 Å². The van der Waals surface area contributed by atoms with E-state index in [0.717, 1.165) is 16.0 Å². The van der Waals surface area contributed by atoms with E-state index in [0.29, 0.717) is 44.2 Å². The van der Waals surface area contributed by atoms with Gasteiger partial charge in [-0.25, -0.2) is 4.68 Å². The summed E-state index contributed by atoms with van der Waals surface area (Å²) >= 11 is 2.63. The molecule has 4 rings (SSSR count). The quantitative estimate of drug-likeness (QED) is 0.380. The monoisotopic (exact) mass is 413 g/mol. The number of aryl methyl sites for hydroxylation is 1. The van der Waals surface area contributed by atoms with Gasteiger partial charge in [-0.05, 0) is 36.8 Å². The molecule has 3 heterocycles. The van der Waals surface area contributed by atoms with Crippen LogP contribution in [0.2, 0.25) is 0 Å². The Kier molecular flexibility index (Phi) is 4.10. The molecule has 0 saturated heterocycles. The number of hydrazone groups is 1. The molecule has 0 spiro atoms. The van der Waals surface area contributed by atoms with Crippen molar-refractivity contribution in [1.82, 2.24) is 9.78 Å². The van der Waals surface area contributed by atoms with Gasteiger partial charge >= 0.3 is 0 Å². The van der Waals surface area contributed by atoms with Gasteiger partial charge in [0, 0.05) is 6.42 Å². The minimum absolute atomic E-state index is 0.0358. The van der Waals surface area contributed by atoms with Crippen LogP contribution < -0.4 is 11.4 Å².